The molecule has 0 aliphatic carbocycles. The lowest BCUT2D eigenvalue weighted by molar-refractivity contribution is -0.140. The number of nitrogens with zero attached hydrogens (tertiary/aromatic N) is 2. The molecule has 15 heavy (non-hydrogen) atoms. The van der Waals surface area contributed by atoms with Gasteiger partial charge in [0, 0.05) is 6.20 Å². The van der Waals surface area contributed by atoms with Gasteiger partial charge in [-0.3, -0.25) is 4.68 Å². The number of aliphatic carboxylic acids is 1. The number of carboxylic acids is 1. The van der Waals surface area contributed by atoms with E-state index < -0.39 is 18.0 Å². The first kappa shape index (κ1) is 11.2. The SMILES string of the molecule is CCOC(=O)c1ccn(C(C)C(=O)O)n1. The monoisotopic (exact) mass is 212 g/mol. The summed E-state index contributed by atoms with van der Waals surface area (Å²) in [6.45, 7) is 3.43. The van der Waals surface area contributed by atoms with E-state index in [0.29, 0.717) is 0 Å². The highest BCUT2D eigenvalue weighted by molar-refractivity contribution is 5.87. The van der Waals surface area contributed by atoms with E-state index in [4.69, 9.17) is 9.84 Å². The largest absolute Gasteiger partial charge is 0.480 e. The summed E-state index contributed by atoms with van der Waals surface area (Å²) >= 11 is 0. The zero-order valence-electron chi connectivity index (χ0n) is 8.51. The van der Waals surface area contributed by atoms with Crippen molar-refractivity contribution in [3.05, 3.63) is 18.0 Å². The first-order valence-corrected chi connectivity index (χ1v) is 4.51. The number of ether oxygens (including phenoxy) is 1. The van der Waals surface area contributed by atoms with Crippen molar-refractivity contribution in [3.8, 4) is 0 Å². The Morgan fingerprint density at radius 2 is 2.33 bits per heavy atom. The number of esters is 1. The van der Waals surface area contributed by atoms with Crippen LogP contribution in [0.2, 0.25) is 0 Å². The van der Waals surface area contributed by atoms with E-state index in [1.807, 2.05) is 0 Å². The van der Waals surface area contributed by atoms with Crippen LogP contribution in [-0.2, 0) is 9.53 Å². The molecule has 0 spiro atoms. The highest BCUT2D eigenvalue weighted by atomic mass is 16.5. The zero-order valence-corrected chi connectivity index (χ0v) is 8.51. The molecule has 1 unspecified atom stereocenters. The highest BCUT2D eigenvalue weighted by Crippen LogP contribution is 2.06. The summed E-state index contributed by atoms with van der Waals surface area (Å²) in [6, 6.07) is 0.630. The summed E-state index contributed by atoms with van der Waals surface area (Å²) in [5.74, 6) is -1.55. The fraction of sp³-hybridized carbons (Fsp3) is 0.444. The summed E-state index contributed by atoms with van der Waals surface area (Å²) in [5.41, 5.74) is 0.116. The van der Waals surface area contributed by atoms with E-state index in [2.05, 4.69) is 5.10 Å². The summed E-state index contributed by atoms with van der Waals surface area (Å²) in [7, 11) is 0. The van der Waals surface area contributed by atoms with Crippen LogP contribution in [0, 0.1) is 0 Å². The maximum atomic E-state index is 11.2. The maximum absolute atomic E-state index is 11.2. The van der Waals surface area contributed by atoms with E-state index >= 15 is 0 Å². The topological polar surface area (TPSA) is 81.4 Å². The Balaban J connectivity index is 2.80. The average Bonchev–Trinajstić information content (AvgIpc) is 2.65. The first-order chi connectivity index (χ1) is 7.06. The number of carboxylic acid groups (broad SMARTS) is 1. The Morgan fingerprint density at radius 1 is 1.67 bits per heavy atom. The van der Waals surface area contributed by atoms with E-state index in [-0.39, 0.29) is 12.3 Å². The predicted molar refractivity (Wildman–Crippen MR) is 50.5 cm³/mol. The third kappa shape index (κ3) is 2.55. The molecule has 6 nitrogen and oxygen atoms in total. The average molecular weight is 212 g/mol. The van der Waals surface area contributed by atoms with Gasteiger partial charge in [0.25, 0.3) is 0 Å². The molecule has 1 rings (SSSR count). The van der Waals surface area contributed by atoms with E-state index in [1.54, 1.807) is 6.92 Å². The molecular weight excluding hydrogens is 200 g/mol. The number of hydrogen-bond acceptors (Lipinski definition) is 4. The van der Waals surface area contributed by atoms with Gasteiger partial charge in [-0.25, -0.2) is 9.59 Å². The Labute approximate surface area is 86.5 Å². The lowest BCUT2D eigenvalue weighted by Gasteiger charge is -2.05. The number of hydrogen-bond donors (Lipinski definition) is 1. The van der Waals surface area contributed by atoms with Gasteiger partial charge in [0.1, 0.15) is 6.04 Å². The van der Waals surface area contributed by atoms with E-state index in [0.717, 1.165) is 0 Å². The Kier molecular flexibility index (Phi) is 3.43. The third-order valence-corrected chi connectivity index (χ3v) is 1.85. The molecule has 82 valence electrons. The van der Waals surface area contributed by atoms with Gasteiger partial charge in [0.2, 0.25) is 0 Å². The van der Waals surface area contributed by atoms with Crippen molar-refractivity contribution in [2.45, 2.75) is 19.9 Å². The van der Waals surface area contributed by atoms with E-state index in [1.165, 1.54) is 23.9 Å². The molecule has 1 heterocycles. The quantitative estimate of drug-likeness (QED) is 0.743. The standard InChI is InChI=1S/C9H12N2O4/c1-3-15-9(14)7-4-5-11(10-7)6(2)8(12)13/h4-6H,3H2,1-2H3,(H,12,13). The number of aromatic nitrogens is 2. The van der Waals surface area contributed by atoms with Crippen LogP contribution in [0.15, 0.2) is 12.3 Å². The molecular formula is C9H12N2O4. The van der Waals surface area contributed by atoms with Crippen LogP contribution in [0.25, 0.3) is 0 Å². The molecule has 1 atom stereocenters. The summed E-state index contributed by atoms with van der Waals surface area (Å²) in [4.78, 5) is 21.8. The molecule has 1 N–H and O–H groups in total. The van der Waals surface area contributed by atoms with Crippen LogP contribution in [0.4, 0.5) is 0 Å². The van der Waals surface area contributed by atoms with Crippen LogP contribution in [-0.4, -0.2) is 33.4 Å². The van der Waals surface area contributed by atoms with Crippen LogP contribution in [0.3, 0.4) is 0 Å². The molecule has 0 amide bonds. The van der Waals surface area contributed by atoms with Gasteiger partial charge in [-0.15, -0.1) is 0 Å². The Hall–Kier alpha value is -1.85. The fourth-order valence-electron chi connectivity index (χ4n) is 0.981. The minimum Gasteiger partial charge on any atom is -0.480 e. The third-order valence-electron chi connectivity index (χ3n) is 1.85. The molecule has 0 aliphatic heterocycles. The van der Waals surface area contributed by atoms with Gasteiger partial charge in [-0.1, -0.05) is 0 Å². The minimum atomic E-state index is -1.01. The molecule has 0 radical (unpaired) electrons. The number of carbonyl (C=O) groups is 2. The lowest BCUT2D eigenvalue weighted by atomic mass is 10.4. The molecule has 1 aromatic rings. The predicted octanol–water partition coefficient (Wildman–Crippen LogP) is 0.705. The van der Waals surface area contributed by atoms with Crippen molar-refractivity contribution in [2.24, 2.45) is 0 Å². The maximum Gasteiger partial charge on any atom is 0.358 e. The molecule has 0 aliphatic rings. The molecule has 0 saturated heterocycles. The molecule has 1 aromatic heterocycles. The zero-order chi connectivity index (χ0) is 11.4. The van der Waals surface area contributed by atoms with Crippen molar-refractivity contribution in [1.82, 2.24) is 9.78 Å². The van der Waals surface area contributed by atoms with Gasteiger partial charge in [0.15, 0.2) is 5.69 Å². The van der Waals surface area contributed by atoms with Crippen LogP contribution in [0.5, 0.6) is 0 Å². The van der Waals surface area contributed by atoms with Crippen molar-refractivity contribution >= 4 is 11.9 Å². The second-order valence-corrected chi connectivity index (χ2v) is 2.92. The molecule has 6 heteroatoms. The molecule has 0 aromatic carbocycles. The Bertz CT molecular complexity index is 372. The van der Waals surface area contributed by atoms with Gasteiger partial charge in [0.05, 0.1) is 6.61 Å². The van der Waals surface area contributed by atoms with Crippen LogP contribution in [0.1, 0.15) is 30.4 Å². The summed E-state index contributed by atoms with van der Waals surface area (Å²) in [5, 5.41) is 12.5. The van der Waals surface area contributed by atoms with Crippen molar-refractivity contribution in [1.29, 1.82) is 0 Å². The first-order valence-electron chi connectivity index (χ1n) is 4.51. The second-order valence-electron chi connectivity index (χ2n) is 2.92. The smallest absolute Gasteiger partial charge is 0.358 e. The Morgan fingerprint density at radius 3 is 2.87 bits per heavy atom. The highest BCUT2D eigenvalue weighted by Gasteiger charge is 2.17. The lowest BCUT2D eigenvalue weighted by Crippen LogP contribution is -2.17. The van der Waals surface area contributed by atoms with Gasteiger partial charge < -0.3 is 9.84 Å². The van der Waals surface area contributed by atoms with E-state index in [9.17, 15) is 9.59 Å². The van der Waals surface area contributed by atoms with Crippen molar-refractivity contribution in [3.63, 3.8) is 0 Å². The molecule has 0 bridgehead atoms. The molecule has 0 saturated carbocycles. The number of rotatable bonds is 4. The number of carbonyl (C=O) groups excluding carboxylic acids is 1. The second kappa shape index (κ2) is 4.59. The fourth-order valence-corrected chi connectivity index (χ4v) is 0.981. The minimum absolute atomic E-state index is 0.116. The molecule has 0 fully saturated rings. The van der Waals surface area contributed by atoms with Gasteiger partial charge in [-0.05, 0) is 19.9 Å². The van der Waals surface area contributed by atoms with Crippen LogP contribution < -0.4 is 0 Å². The summed E-state index contributed by atoms with van der Waals surface area (Å²) < 4.78 is 5.92. The normalized spacial score (nSPS) is 12.1. The van der Waals surface area contributed by atoms with Gasteiger partial charge in [-0.2, -0.15) is 5.10 Å². The van der Waals surface area contributed by atoms with Crippen molar-refractivity contribution < 1.29 is 19.4 Å². The van der Waals surface area contributed by atoms with Crippen LogP contribution >= 0.6 is 0 Å². The van der Waals surface area contributed by atoms with Gasteiger partial charge >= 0.3 is 11.9 Å². The van der Waals surface area contributed by atoms with Crippen molar-refractivity contribution in [2.75, 3.05) is 6.61 Å². The summed E-state index contributed by atoms with van der Waals surface area (Å²) in [6.07, 6.45) is 1.44.